The Morgan fingerprint density at radius 1 is 1.22 bits per heavy atom. The summed E-state index contributed by atoms with van der Waals surface area (Å²) in [5.74, 6) is 0.404. The van der Waals surface area contributed by atoms with Gasteiger partial charge in [-0.1, -0.05) is 31.5 Å². The first-order valence-electron chi connectivity index (χ1n) is 7.42. The van der Waals surface area contributed by atoms with Gasteiger partial charge in [-0.2, -0.15) is 0 Å². The molecule has 0 fully saturated rings. The largest absolute Gasteiger partial charge is 0.436 e. The molecule has 2 aromatic carbocycles. The third-order valence-electron chi connectivity index (χ3n) is 3.60. The summed E-state index contributed by atoms with van der Waals surface area (Å²) in [5, 5.41) is 3.53. The quantitative estimate of drug-likeness (QED) is 0.731. The van der Waals surface area contributed by atoms with Gasteiger partial charge < -0.3 is 9.73 Å². The smallest absolute Gasteiger partial charge is 0.227 e. The molecule has 0 atom stereocenters. The number of carbonyl (C=O) groups is 1. The fourth-order valence-corrected chi connectivity index (χ4v) is 2.32. The van der Waals surface area contributed by atoms with Crippen LogP contribution in [-0.2, 0) is 4.79 Å². The van der Waals surface area contributed by atoms with Crippen LogP contribution in [0.2, 0.25) is 5.02 Å². The number of aromatic nitrogens is 1. The van der Waals surface area contributed by atoms with Crippen LogP contribution in [0.4, 0.5) is 5.69 Å². The molecule has 118 valence electrons. The maximum atomic E-state index is 11.8. The standard InChI is InChI=1S/C18H17ClN2O2/c1-10(2)17(22)20-13-6-7-16-15(9-13)21-18(23-16)12-5-4-11(3)14(19)8-12/h4-10H,1-3H3,(H,20,22). The molecule has 0 aliphatic rings. The van der Waals surface area contributed by atoms with E-state index in [1.165, 1.54) is 0 Å². The van der Waals surface area contributed by atoms with Crippen molar-refractivity contribution in [2.45, 2.75) is 20.8 Å². The van der Waals surface area contributed by atoms with Gasteiger partial charge in [0.1, 0.15) is 5.52 Å². The Hall–Kier alpha value is -2.33. The summed E-state index contributed by atoms with van der Waals surface area (Å²) < 4.78 is 5.77. The Morgan fingerprint density at radius 2 is 2.00 bits per heavy atom. The van der Waals surface area contributed by atoms with Gasteiger partial charge in [-0.3, -0.25) is 4.79 Å². The number of hydrogen-bond donors (Lipinski definition) is 1. The number of nitrogens with zero attached hydrogens (tertiary/aromatic N) is 1. The number of fused-ring (bicyclic) bond motifs is 1. The predicted octanol–water partition coefficient (Wildman–Crippen LogP) is 5.05. The zero-order valence-corrected chi connectivity index (χ0v) is 13.9. The minimum atomic E-state index is -0.0757. The fraction of sp³-hybridized carbons (Fsp3) is 0.222. The lowest BCUT2D eigenvalue weighted by Crippen LogP contribution is -2.17. The topological polar surface area (TPSA) is 55.1 Å². The number of rotatable bonds is 3. The molecule has 1 amide bonds. The Bertz CT molecular complexity index is 884. The van der Waals surface area contributed by atoms with Crippen molar-refractivity contribution in [2.24, 2.45) is 5.92 Å². The average Bonchev–Trinajstić information content (AvgIpc) is 2.93. The van der Waals surface area contributed by atoms with Crippen LogP contribution in [-0.4, -0.2) is 10.9 Å². The summed E-state index contributed by atoms with van der Waals surface area (Å²) in [5.41, 5.74) is 3.89. The van der Waals surface area contributed by atoms with E-state index in [1.807, 2.05) is 39.0 Å². The molecule has 3 rings (SSSR count). The zero-order chi connectivity index (χ0) is 16.6. The minimum absolute atomic E-state index is 0.0293. The molecule has 0 saturated carbocycles. The van der Waals surface area contributed by atoms with Gasteiger partial charge in [0.2, 0.25) is 11.8 Å². The van der Waals surface area contributed by atoms with E-state index in [4.69, 9.17) is 16.0 Å². The number of halogens is 1. The molecule has 1 heterocycles. The molecular formula is C18H17ClN2O2. The van der Waals surface area contributed by atoms with Crippen molar-refractivity contribution < 1.29 is 9.21 Å². The summed E-state index contributed by atoms with van der Waals surface area (Å²) in [6, 6.07) is 11.1. The van der Waals surface area contributed by atoms with E-state index in [9.17, 15) is 4.79 Å². The van der Waals surface area contributed by atoms with E-state index in [1.54, 1.807) is 18.2 Å². The number of amides is 1. The molecular weight excluding hydrogens is 312 g/mol. The maximum Gasteiger partial charge on any atom is 0.227 e. The van der Waals surface area contributed by atoms with E-state index < -0.39 is 0 Å². The summed E-state index contributed by atoms with van der Waals surface area (Å²) in [7, 11) is 0. The first-order valence-corrected chi connectivity index (χ1v) is 7.80. The Kier molecular flexibility index (Phi) is 4.09. The molecule has 0 radical (unpaired) electrons. The van der Waals surface area contributed by atoms with Gasteiger partial charge in [-0.15, -0.1) is 0 Å². The Morgan fingerprint density at radius 3 is 2.70 bits per heavy atom. The van der Waals surface area contributed by atoms with Crippen molar-refractivity contribution in [3.63, 3.8) is 0 Å². The fourth-order valence-electron chi connectivity index (χ4n) is 2.14. The number of oxazole rings is 1. The van der Waals surface area contributed by atoms with E-state index in [0.717, 1.165) is 11.1 Å². The van der Waals surface area contributed by atoms with Crippen molar-refractivity contribution in [1.82, 2.24) is 4.98 Å². The molecule has 0 saturated heterocycles. The third-order valence-corrected chi connectivity index (χ3v) is 4.01. The Labute approximate surface area is 139 Å². The number of carbonyl (C=O) groups excluding carboxylic acids is 1. The van der Waals surface area contributed by atoms with Crippen LogP contribution in [0, 0.1) is 12.8 Å². The molecule has 0 aliphatic carbocycles. The summed E-state index contributed by atoms with van der Waals surface area (Å²) >= 11 is 6.16. The van der Waals surface area contributed by atoms with E-state index >= 15 is 0 Å². The summed E-state index contributed by atoms with van der Waals surface area (Å²) in [4.78, 5) is 16.3. The van der Waals surface area contributed by atoms with E-state index in [-0.39, 0.29) is 11.8 Å². The highest BCUT2D eigenvalue weighted by Crippen LogP contribution is 2.29. The van der Waals surface area contributed by atoms with Crippen molar-refractivity contribution in [1.29, 1.82) is 0 Å². The predicted molar refractivity (Wildman–Crippen MR) is 92.7 cm³/mol. The van der Waals surface area contributed by atoms with Crippen molar-refractivity contribution in [3.05, 3.63) is 47.0 Å². The van der Waals surface area contributed by atoms with Gasteiger partial charge in [0, 0.05) is 22.2 Å². The van der Waals surface area contributed by atoms with Gasteiger partial charge in [-0.25, -0.2) is 4.98 Å². The number of benzene rings is 2. The number of hydrogen-bond acceptors (Lipinski definition) is 3. The van der Waals surface area contributed by atoms with E-state index in [2.05, 4.69) is 10.3 Å². The molecule has 0 aliphatic heterocycles. The second kappa shape index (κ2) is 6.05. The molecule has 5 heteroatoms. The second-order valence-corrected chi connectivity index (χ2v) is 6.22. The van der Waals surface area contributed by atoms with Crippen LogP contribution in [0.15, 0.2) is 40.8 Å². The first-order chi connectivity index (χ1) is 10.9. The van der Waals surface area contributed by atoms with Crippen molar-refractivity contribution in [3.8, 4) is 11.5 Å². The average molecular weight is 329 g/mol. The molecule has 3 aromatic rings. The number of aryl methyl sites for hydroxylation is 1. The normalized spacial score (nSPS) is 11.2. The van der Waals surface area contributed by atoms with Gasteiger partial charge in [0.25, 0.3) is 0 Å². The third kappa shape index (κ3) is 3.22. The zero-order valence-electron chi connectivity index (χ0n) is 13.2. The molecule has 1 aromatic heterocycles. The van der Waals surface area contributed by atoms with Gasteiger partial charge in [-0.05, 0) is 42.8 Å². The maximum absolute atomic E-state index is 11.8. The van der Waals surface area contributed by atoms with Crippen molar-refractivity contribution in [2.75, 3.05) is 5.32 Å². The molecule has 4 nitrogen and oxygen atoms in total. The number of anilines is 1. The minimum Gasteiger partial charge on any atom is -0.436 e. The lowest BCUT2D eigenvalue weighted by molar-refractivity contribution is -0.118. The van der Waals surface area contributed by atoms with Gasteiger partial charge >= 0.3 is 0 Å². The highest BCUT2D eigenvalue weighted by Gasteiger charge is 2.12. The molecule has 0 spiro atoms. The van der Waals surface area contributed by atoms with Gasteiger partial charge in [0.05, 0.1) is 0 Å². The first kappa shape index (κ1) is 15.6. The van der Waals surface area contributed by atoms with Crippen LogP contribution in [0.3, 0.4) is 0 Å². The van der Waals surface area contributed by atoms with E-state index in [0.29, 0.717) is 27.7 Å². The number of nitrogens with one attached hydrogen (secondary N) is 1. The van der Waals surface area contributed by atoms with Crippen LogP contribution < -0.4 is 5.32 Å². The van der Waals surface area contributed by atoms with Crippen LogP contribution in [0.25, 0.3) is 22.6 Å². The molecule has 23 heavy (non-hydrogen) atoms. The highest BCUT2D eigenvalue weighted by molar-refractivity contribution is 6.31. The SMILES string of the molecule is Cc1ccc(-c2nc3cc(NC(=O)C(C)C)ccc3o2)cc1Cl. The van der Waals surface area contributed by atoms with Gasteiger partial charge in [0.15, 0.2) is 5.58 Å². The molecule has 0 unspecified atom stereocenters. The van der Waals surface area contributed by atoms with Crippen LogP contribution in [0.5, 0.6) is 0 Å². The Balaban J connectivity index is 1.95. The molecule has 1 N–H and O–H groups in total. The lowest BCUT2D eigenvalue weighted by Gasteiger charge is -2.06. The summed E-state index contributed by atoms with van der Waals surface area (Å²) in [6.07, 6.45) is 0. The molecule has 0 bridgehead atoms. The summed E-state index contributed by atoms with van der Waals surface area (Å²) in [6.45, 7) is 5.65. The van der Waals surface area contributed by atoms with Crippen LogP contribution in [0.1, 0.15) is 19.4 Å². The monoisotopic (exact) mass is 328 g/mol. The van der Waals surface area contributed by atoms with Crippen LogP contribution >= 0.6 is 11.6 Å². The lowest BCUT2D eigenvalue weighted by atomic mass is 10.1. The highest BCUT2D eigenvalue weighted by atomic mass is 35.5. The van der Waals surface area contributed by atoms with Crippen molar-refractivity contribution >= 4 is 34.3 Å². The second-order valence-electron chi connectivity index (χ2n) is 5.81.